The van der Waals surface area contributed by atoms with Crippen LogP contribution in [0.2, 0.25) is 0 Å². The van der Waals surface area contributed by atoms with Crippen LogP contribution in [-0.4, -0.2) is 17.2 Å². The van der Waals surface area contributed by atoms with Crippen molar-refractivity contribution < 1.29 is 9.84 Å². The fraction of sp³-hybridized carbons (Fsp3) is 0.250. The number of methoxy groups -OCH3 is 1. The summed E-state index contributed by atoms with van der Waals surface area (Å²) in [6.45, 7) is 1.74. The van der Waals surface area contributed by atoms with Gasteiger partial charge in [-0.1, -0.05) is 12.1 Å². The second-order valence-corrected chi connectivity index (χ2v) is 3.48. The fourth-order valence-electron chi connectivity index (χ4n) is 1.58. The van der Waals surface area contributed by atoms with Crippen LogP contribution >= 0.6 is 0 Å². The van der Waals surface area contributed by atoms with Crippen molar-refractivity contribution in [1.82, 2.24) is 4.98 Å². The third kappa shape index (κ3) is 1.78. The number of nitrogens with zero attached hydrogens (tertiary/aromatic N) is 1. The Balaban J connectivity index is 2.67. The van der Waals surface area contributed by atoms with Crippen molar-refractivity contribution in [1.29, 1.82) is 0 Å². The highest BCUT2D eigenvalue weighted by molar-refractivity contribution is 5.87. The molecule has 3 nitrogen and oxygen atoms in total. The molecule has 1 aromatic heterocycles. The first-order valence-corrected chi connectivity index (χ1v) is 4.83. The normalized spacial score (nSPS) is 12.7. The van der Waals surface area contributed by atoms with Gasteiger partial charge < -0.3 is 9.84 Å². The molecule has 1 unspecified atom stereocenters. The maximum atomic E-state index is 9.49. The molecule has 15 heavy (non-hydrogen) atoms. The largest absolute Gasteiger partial charge is 0.481 e. The molecule has 1 aromatic carbocycles. The van der Waals surface area contributed by atoms with Gasteiger partial charge in [0.15, 0.2) is 0 Å². The zero-order valence-corrected chi connectivity index (χ0v) is 8.77. The lowest BCUT2D eigenvalue weighted by Gasteiger charge is -2.08. The lowest BCUT2D eigenvalue weighted by Crippen LogP contribution is -1.93. The molecule has 0 radical (unpaired) electrons. The Kier molecular flexibility index (Phi) is 2.56. The zero-order chi connectivity index (χ0) is 10.8. The predicted molar refractivity (Wildman–Crippen MR) is 58.9 cm³/mol. The Morgan fingerprint density at radius 3 is 2.80 bits per heavy atom. The number of pyridine rings is 1. The van der Waals surface area contributed by atoms with Crippen LogP contribution < -0.4 is 4.74 Å². The van der Waals surface area contributed by atoms with E-state index in [2.05, 4.69) is 4.98 Å². The van der Waals surface area contributed by atoms with Gasteiger partial charge in [-0.25, -0.2) is 4.98 Å². The molecule has 1 atom stereocenters. The fourth-order valence-corrected chi connectivity index (χ4v) is 1.58. The summed E-state index contributed by atoms with van der Waals surface area (Å²) in [6.07, 6.45) is 1.24. The van der Waals surface area contributed by atoms with E-state index >= 15 is 0 Å². The third-order valence-corrected chi connectivity index (χ3v) is 2.43. The van der Waals surface area contributed by atoms with Gasteiger partial charge in [-0.2, -0.15) is 0 Å². The summed E-state index contributed by atoms with van der Waals surface area (Å²) in [4.78, 5) is 4.12. The lowest BCUT2D eigenvalue weighted by atomic mass is 10.1. The first kappa shape index (κ1) is 9.93. The van der Waals surface area contributed by atoms with Crippen molar-refractivity contribution >= 4 is 10.8 Å². The monoisotopic (exact) mass is 203 g/mol. The third-order valence-electron chi connectivity index (χ3n) is 2.43. The van der Waals surface area contributed by atoms with Crippen molar-refractivity contribution in [2.45, 2.75) is 13.0 Å². The molecular formula is C12H13NO2. The van der Waals surface area contributed by atoms with Crippen molar-refractivity contribution in [3.8, 4) is 5.88 Å². The lowest BCUT2D eigenvalue weighted by molar-refractivity contribution is 0.199. The molecule has 0 saturated heterocycles. The summed E-state index contributed by atoms with van der Waals surface area (Å²) in [5.41, 5.74) is 0.869. The average molecular weight is 203 g/mol. The molecule has 0 bridgehead atoms. The summed E-state index contributed by atoms with van der Waals surface area (Å²) in [5, 5.41) is 11.5. The summed E-state index contributed by atoms with van der Waals surface area (Å²) >= 11 is 0. The quantitative estimate of drug-likeness (QED) is 0.814. The number of aromatic nitrogens is 1. The molecule has 0 aliphatic rings. The molecule has 2 aromatic rings. The Morgan fingerprint density at radius 1 is 1.33 bits per heavy atom. The molecule has 2 rings (SSSR count). The zero-order valence-electron chi connectivity index (χ0n) is 8.77. The Hall–Kier alpha value is -1.61. The van der Waals surface area contributed by atoms with Crippen molar-refractivity contribution in [2.24, 2.45) is 0 Å². The van der Waals surface area contributed by atoms with Crippen molar-refractivity contribution in [3.05, 3.63) is 36.0 Å². The molecule has 0 amide bonds. The number of benzene rings is 1. The topological polar surface area (TPSA) is 42.4 Å². The number of fused-ring (bicyclic) bond motifs is 1. The van der Waals surface area contributed by atoms with Gasteiger partial charge in [-0.15, -0.1) is 0 Å². The first-order chi connectivity index (χ1) is 7.22. The highest BCUT2D eigenvalue weighted by Crippen LogP contribution is 2.26. The van der Waals surface area contributed by atoms with E-state index in [0.717, 1.165) is 16.3 Å². The van der Waals surface area contributed by atoms with Crippen molar-refractivity contribution in [3.63, 3.8) is 0 Å². The number of rotatable bonds is 2. The van der Waals surface area contributed by atoms with Gasteiger partial charge in [-0.3, -0.25) is 0 Å². The average Bonchev–Trinajstić information content (AvgIpc) is 2.27. The van der Waals surface area contributed by atoms with E-state index < -0.39 is 6.10 Å². The van der Waals surface area contributed by atoms with E-state index in [9.17, 15) is 5.11 Å². The van der Waals surface area contributed by atoms with Crippen LogP contribution in [0, 0.1) is 0 Å². The molecule has 1 heterocycles. The molecule has 0 aliphatic carbocycles. The van der Waals surface area contributed by atoms with Crippen LogP contribution in [-0.2, 0) is 0 Å². The Morgan fingerprint density at radius 2 is 2.13 bits per heavy atom. The van der Waals surface area contributed by atoms with E-state index in [0.29, 0.717) is 5.88 Å². The summed E-state index contributed by atoms with van der Waals surface area (Å²) in [6, 6.07) is 7.70. The molecule has 0 spiro atoms. The van der Waals surface area contributed by atoms with Crippen molar-refractivity contribution in [2.75, 3.05) is 7.11 Å². The highest BCUT2D eigenvalue weighted by Gasteiger charge is 2.06. The minimum absolute atomic E-state index is 0.473. The molecular weight excluding hydrogens is 190 g/mol. The number of ether oxygens (including phenoxy) is 1. The molecule has 78 valence electrons. The summed E-state index contributed by atoms with van der Waals surface area (Å²) in [7, 11) is 1.59. The molecule has 0 saturated carbocycles. The standard InChI is InChI=1S/C12H13NO2/c1-8(14)10-4-3-9-5-6-13-12(15-2)11(9)7-10/h3-8,14H,1-2H3. The van der Waals surface area contributed by atoms with Crippen LogP contribution in [0.25, 0.3) is 10.8 Å². The maximum Gasteiger partial charge on any atom is 0.221 e. The molecule has 3 heteroatoms. The van der Waals surface area contributed by atoms with Gasteiger partial charge in [0.05, 0.1) is 13.2 Å². The molecule has 0 fully saturated rings. The molecule has 0 aliphatic heterocycles. The van der Waals surface area contributed by atoms with Crippen LogP contribution in [0.15, 0.2) is 30.5 Å². The molecule has 1 N–H and O–H groups in total. The van der Waals surface area contributed by atoms with Gasteiger partial charge in [0, 0.05) is 11.6 Å². The Labute approximate surface area is 88.3 Å². The number of hydrogen-bond donors (Lipinski definition) is 1. The number of aliphatic hydroxyl groups is 1. The highest BCUT2D eigenvalue weighted by atomic mass is 16.5. The van der Waals surface area contributed by atoms with Gasteiger partial charge >= 0.3 is 0 Å². The second-order valence-electron chi connectivity index (χ2n) is 3.48. The Bertz CT molecular complexity index is 480. The summed E-state index contributed by atoms with van der Waals surface area (Å²) < 4.78 is 5.17. The van der Waals surface area contributed by atoms with Crippen LogP contribution in [0.4, 0.5) is 0 Å². The minimum Gasteiger partial charge on any atom is -0.481 e. The predicted octanol–water partition coefficient (Wildman–Crippen LogP) is 2.30. The second kappa shape index (κ2) is 3.87. The van der Waals surface area contributed by atoms with Gasteiger partial charge in [0.25, 0.3) is 0 Å². The van der Waals surface area contributed by atoms with E-state index in [1.807, 2.05) is 24.3 Å². The first-order valence-electron chi connectivity index (χ1n) is 4.83. The summed E-state index contributed by atoms with van der Waals surface area (Å²) in [5.74, 6) is 0.593. The number of hydrogen-bond acceptors (Lipinski definition) is 3. The van der Waals surface area contributed by atoms with E-state index in [-0.39, 0.29) is 0 Å². The SMILES string of the molecule is COc1nccc2ccc(C(C)O)cc12. The number of aliphatic hydroxyl groups excluding tert-OH is 1. The van der Waals surface area contributed by atoms with E-state index in [1.54, 1.807) is 20.2 Å². The van der Waals surface area contributed by atoms with Crippen LogP contribution in [0.3, 0.4) is 0 Å². The van der Waals surface area contributed by atoms with E-state index in [4.69, 9.17) is 4.74 Å². The van der Waals surface area contributed by atoms with Crippen LogP contribution in [0.5, 0.6) is 5.88 Å². The van der Waals surface area contributed by atoms with Gasteiger partial charge in [0.1, 0.15) is 0 Å². The van der Waals surface area contributed by atoms with Gasteiger partial charge in [-0.05, 0) is 30.0 Å². The maximum absolute atomic E-state index is 9.49. The minimum atomic E-state index is -0.473. The van der Waals surface area contributed by atoms with Gasteiger partial charge in [0.2, 0.25) is 5.88 Å². The smallest absolute Gasteiger partial charge is 0.221 e. The van der Waals surface area contributed by atoms with E-state index in [1.165, 1.54) is 0 Å². The van der Waals surface area contributed by atoms with Crippen LogP contribution in [0.1, 0.15) is 18.6 Å².